The first kappa shape index (κ1) is 15.9. The Morgan fingerprint density at radius 3 is 3.00 bits per heavy atom. The first-order chi connectivity index (χ1) is 10.2. The second kappa shape index (κ2) is 7.03. The van der Waals surface area contributed by atoms with E-state index in [1.807, 2.05) is 11.8 Å². The second-order valence-corrected chi connectivity index (χ2v) is 8.31. The fraction of sp³-hybridized carbons (Fsp3) is 0.647. The quantitative estimate of drug-likeness (QED) is 0.773. The van der Waals surface area contributed by atoms with Crippen LogP contribution in [-0.4, -0.2) is 31.1 Å². The zero-order valence-corrected chi connectivity index (χ0v) is 15.0. The number of benzene rings is 1. The maximum Gasteiger partial charge on any atom is 0.0685 e. The van der Waals surface area contributed by atoms with Crippen LogP contribution in [0.25, 0.3) is 0 Å². The third-order valence-corrected chi connectivity index (χ3v) is 6.57. The molecule has 2 aliphatic rings. The lowest BCUT2D eigenvalue weighted by molar-refractivity contribution is -0.146. The molecule has 0 bridgehead atoms. The standard InChI is InChI=1S/C17H24BrNOS/c1-19-16(12-21-15-5-2-4-14(18)10-15)13-6-9-20-17(11-13)7-3-8-17/h2,4-5,10,13,16,19H,3,6-9,11-12H2,1H3. The van der Waals surface area contributed by atoms with E-state index in [1.165, 1.54) is 37.0 Å². The first-order valence-electron chi connectivity index (χ1n) is 7.90. The van der Waals surface area contributed by atoms with Gasteiger partial charge in [-0.25, -0.2) is 0 Å². The normalized spacial score (nSPS) is 25.5. The first-order valence-corrected chi connectivity index (χ1v) is 9.68. The van der Waals surface area contributed by atoms with Gasteiger partial charge >= 0.3 is 0 Å². The van der Waals surface area contributed by atoms with Crippen molar-refractivity contribution in [2.75, 3.05) is 19.4 Å². The van der Waals surface area contributed by atoms with Gasteiger partial charge in [-0.1, -0.05) is 22.0 Å². The van der Waals surface area contributed by atoms with Gasteiger partial charge in [0.25, 0.3) is 0 Å². The summed E-state index contributed by atoms with van der Waals surface area (Å²) in [6, 6.07) is 9.17. The summed E-state index contributed by atoms with van der Waals surface area (Å²) in [5, 5.41) is 3.55. The van der Waals surface area contributed by atoms with E-state index >= 15 is 0 Å². The Kier molecular flexibility index (Phi) is 5.31. The lowest BCUT2D eigenvalue weighted by Gasteiger charge is -2.48. The highest BCUT2D eigenvalue weighted by atomic mass is 79.9. The highest BCUT2D eigenvalue weighted by Crippen LogP contribution is 2.45. The van der Waals surface area contributed by atoms with Crippen LogP contribution in [0.15, 0.2) is 33.6 Å². The van der Waals surface area contributed by atoms with E-state index in [-0.39, 0.29) is 5.60 Å². The molecule has 1 saturated carbocycles. The number of ether oxygens (including phenoxy) is 1. The van der Waals surface area contributed by atoms with Crippen LogP contribution < -0.4 is 5.32 Å². The van der Waals surface area contributed by atoms with Crippen molar-refractivity contribution in [1.82, 2.24) is 5.32 Å². The molecule has 1 aliphatic heterocycles. The Morgan fingerprint density at radius 1 is 1.48 bits per heavy atom. The molecule has 1 N–H and O–H groups in total. The van der Waals surface area contributed by atoms with Crippen molar-refractivity contribution in [3.63, 3.8) is 0 Å². The molecule has 1 spiro atoms. The molecule has 116 valence electrons. The van der Waals surface area contributed by atoms with Crippen molar-refractivity contribution in [2.24, 2.45) is 5.92 Å². The number of thioether (sulfide) groups is 1. The van der Waals surface area contributed by atoms with E-state index in [2.05, 4.69) is 52.6 Å². The van der Waals surface area contributed by atoms with Gasteiger partial charge in [-0.2, -0.15) is 0 Å². The smallest absolute Gasteiger partial charge is 0.0685 e. The molecule has 0 aromatic heterocycles. The van der Waals surface area contributed by atoms with Gasteiger partial charge in [0.15, 0.2) is 0 Å². The molecule has 1 aliphatic carbocycles. The Bertz CT molecular complexity index is 478. The van der Waals surface area contributed by atoms with Gasteiger partial charge in [0.05, 0.1) is 5.60 Å². The van der Waals surface area contributed by atoms with Crippen LogP contribution in [0.4, 0.5) is 0 Å². The molecule has 0 amide bonds. The van der Waals surface area contributed by atoms with Crippen molar-refractivity contribution in [1.29, 1.82) is 0 Å². The van der Waals surface area contributed by atoms with Gasteiger partial charge in [0, 0.05) is 27.8 Å². The minimum absolute atomic E-state index is 0.248. The summed E-state index contributed by atoms with van der Waals surface area (Å²) in [4.78, 5) is 1.34. The number of hydrogen-bond acceptors (Lipinski definition) is 3. The van der Waals surface area contributed by atoms with Crippen molar-refractivity contribution in [3.05, 3.63) is 28.7 Å². The van der Waals surface area contributed by atoms with E-state index < -0.39 is 0 Å². The summed E-state index contributed by atoms with van der Waals surface area (Å²) in [5.41, 5.74) is 0.248. The Labute approximate surface area is 140 Å². The molecule has 1 aromatic carbocycles. The van der Waals surface area contributed by atoms with Crippen molar-refractivity contribution < 1.29 is 4.74 Å². The van der Waals surface area contributed by atoms with Crippen LogP contribution >= 0.6 is 27.7 Å². The van der Waals surface area contributed by atoms with Crippen LogP contribution in [0.1, 0.15) is 32.1 Å². The number of nitrogens with one attached hydrogen (secondary N) is 1. The van der Waals surface area contributed by atoms with Crippen LogP contribution in [0.5, 0.6) is 0 Å². The highest BCUT2D eigenvalue weighted by Gasteiger charge is 2.43. The lowest BCUT2D eigenvalue weighted by Crippen LogP contribution is -2.50. The fourth-order valence-corrected chi connectivity index (χ4v) is 5.27. The average molecular weight is 370 g/mol. The topological polar surface area (TPSA) is 21.3 Å². The number of halogens is 1. The molecule has 3 rings (SSSR count). The lowest BCUT2D eigenvalue weighted by atomic mass is 9.70. The van der Waals surface area contributed by atoms with E-state index in [0.29, 0.717) is 6.04 Å². The van der Waals surface area contributed by atoms with Gasteiger partial charge < -0.3 is 10.1 Å². The van der Waals surface area contributed by atoms with Crippen molar-refractivity contribution in [3.8, 4) is 0 Å². The molecule has 4 heteroatoms. The van der Waals surface area contributed by atoms with E-state index in [9.17, 15) is 0 Å². The van der Waals surface area contributed by atoms with Gasteiger partial charge in [0.2, 0.25) is 0 Å². The summed E-state index contributed by atoms with van der Waals surface area (Å²) in [5.74, 6) is 1.89. The Hall–Kier alpha value is -0.0300. The molecule has 2 atom stereocenters. The molecule has 1 heterocycles. The fourth-order valence-electron chi connectivity index (χ4n) is 3.53. The summed E-state index contributed by atoms with van der Waals surface area (Å²) >= 11 is 5.50. The molecule has 21 heavy (non-hydrogen) atoms. The maximum atomic E-state index is 6.06. The maximum absolute atomic E-state index is 6.06. The van der Waals surface area contributed by atoms with E-state index in [0.717, 1.165) is 22.8 Å². The SMILES string of the molecule is CNC(CSc1cccc(Br)c1)C1CCOC2(CCC2)C1. The van der Waals surface area contributed by atoms with E-state index in [1.54, 1.807) is 0 Å². The minimum atomic E-state index is 0.248. The van der Waals surface area contributed by atoms with Crippen molar-refractivity contribution in [2.45, 2.75) is 48.6 Å². The number of hydrogen-bond donors (Lipinski definition) is 1. The van der Waals surface area contributed by atoms with Crippen LogP contribution in [-0.2, 0) is 4.74 Å². The predicted molar refractivity (Wildman–Crippen MR) is 93.0 cm³/mol. The van der Waals surface area contributed by atoms with Gasteiger partial charge in [-0.05, 0) is 63.3 Å². The van der Waals surface area contributed by atoms with Crippen LogP contribution in [0.3, 0.4) is 0 Å². The number of rotatable bonds is 5. The third-order valence-electron chi connectivity index (χ3n) is 4.96. The van der Waals surface area contributed by atoms with Crippen LogP contribution in [0.2, 0.25) is 0 Å². The zero-order valence-electron chi connectivity index (χ0n) is 12.6. The average Bonchev–Trinajstić information content (AvgIpc) is 2.47. The second-order valence-electron chi connectivity index (χ2n) is 6.30. The summed E-state index contributed by atoms with van der Waals surface area (Å²) in [6.45, 7) is 0.949. The zero-order chi connectivity index (χ0) is 14.7. The molecular weight excluding hydrogens is 346 g/mol. The molecule has 0 radical (unpaired) electrons. The van der Waals surface area contributed by atoms with E-state index in [4.69, 9.17) is 4.74 Å². The van der Waals surface area contributed by atoms with Crippen molar-refractivity contribution >= 4 is 27.7 Å². The molecule has 1 aromatic rings. The van der Waals surface area contributed by atoms with Gasteiger partial charge in [-0.3, -0.25) is 0 Å². The third kappa shape index (κ3) is 3.84. The highest BCUT2D eigenvalue weighted by molar-refractivity contribution is 9.10. The Balaban J connectivity index is 1.57. The predicted octanol–water partition coefficient (Wildman–Crippen LogP) is 4.48. The monoisotopic (exact) mass is 369 g/mol. The van der Waals surface area contributed by atoms with Gasteiger partial charge in [-0.15, -0.1) is 11.8 Å². The largest absolute Gasteiger partial charge is 0.375 e. The van der Waals surface area contributed by atoms with Gasteiger partial charge in [0.1, 0.15) is 0 Å². The van der Waals surface area contributed by atoms with Crippen LogP contribution in [0, 0.1) is 5.92 Å². The molecule has 2 fully saturated rings. The minimum Gasteiger partial charge on any atom is -0.375 e. The summed E-state index contributed by atoms with van der Waals surface area (Å²) in [6.07, 6.45) is 6.35. The molecule has 2 unspecified atom stereocenters. The Morgan fingerprint density at radius 2 is 2.33 bits per heavy atom. The molecular formula is C17H24BrNOS. The molecule has 2 nitrogen and oxygen atoms in total. The summed E-state index contributed by atoms with van der Waals surface area (Å²) < 4.78 is 7.22. The molecule has 1 saturated heterocycles. The summed E-state index contributed by atoms with van der Waals surface area (Å²) in [7, 11) is 2.11.